The molecular weight excluding hydrogens is 497 g/mol. The molecule has 8 nitrogen and oxygen atoms in total. The van der Waals surface area contributed by atoms with E-state index in [-0.39, 0.29) is 33.1 Å². The number of sulfonamides is 1. The van der Waals surface area contributed by atoms with E-state index >= 15 is 0 Å². The predicted octanol–water partition coefficient (Wildman–Crippen LogP) is 2.82. The summed E-state index contributed by atoms with van der Waals surface area (Å²) in [6, 6.07) is 7.83. The maximum absolute atomic E-state index is 12.8. The zero-order chi connectivity index (χ0) is 24.7. The molecule has 1 atom stereocenters. The number of hydrogen-bond acceptors (Lipinski definition) is 6. The van der Waals surface area contributed by atoms with Crippen molar-refractivity contribution >= 4 is 48.7 Å². The lowest BCUT2D eigenvalue weighted by Gasteiger charge is -2.25. The van der Waals surface area contributed by atoms with E-state index in [4.69, 9.17) is 11.6 Å². The number of benzene rings is 2. The van der Waals surface area contributed by atoms with Crippen molar-refractivity contribution in [1.82, 2.24) is 0 Å². The van der Waals surface area contributed by atoms with Crippen LogP contribution in [0.15, 0.2) is 52.3 Å². The number of carbonyl (C=O) groups excluding carboxylic acids is 1. The molecule has 0 radical (unpaired) electrons. The topological polar surface area (TPSA) is 121 Å². The lowest BCUT2D eigenvalue weighted by atomic mass is 10.1. The van der Waals surface area contributed by atoms with Crippen LogP contribution < -0.4 is 9.62 Å². The second-order valence-corrected chi connectivity index (χ2v) is 11.3. The minimum Gasteiger partial charge on any atom is -0.373 e. The summed E-state index contributed by atoms with van der Waals surface area (Å²) in [4.78, 5) is 11.3. The lowest BCUT2D eigenvalue weighted by Crippen LogP contribution is -2.52. The average Bonchev–Trinajstić information content (AvgIpc) is 2.67. The van der Waals surface area contributed by atoms with Crippen LogP contribution in [-0.2, 0) is 24.7 Å². The van der Waals surface area contributed by atoms with Gasteiger partial charge in [-0.05, 0) is 49.4 Å². The van der Waals surface area contributed by atoms with Crippen LogP contribution in [0.1, 0.15) is 6.92 Å². The third-order valence-corrected chi connectivity index (χ3v) is 7.79. The normalized spacial score (nSPS) is 14.5. The molecule has 0 heterocycles. The van der Waals surface area contributed by atoms with Crippen LogP contribution in [0.3, 0.4) is 0 Å². The van der Waals surface area contributed by atoms with Gasteiger partial charge >= 0.3 is 6.18 Å². The summed E-state index contributed by atoms with van der Waals surface area (Å²) in [5, 5.41) is 10.8. The number of hydrogen-bond donors (Lipinski definition) is 2. The van der Waals surface area contributed by atoms with E-state index in [1.165, 1.54) is 31.3 Å². The smallest absolute Gasteiger partial charge is 0.373 e. The first kappa shape index (κ1) is 25.9. The second-order valence-electron chi connectivity index (χ2n) is 6.89. The van der Waals surface area contributed by atoms with Crippen molar-refractivity contribution < 1.29 is 39.9 Å². The summed E-state index contributed by atoms with van der Waals surface area (Å²) >= 11 is 5.93. The number of anilines is 2. The molecule has 0 aliphatic heterocycles. The SMILES string of the molecule is CN(c1ccc(S(=O)(=O)c2ccc(NC(=O)C(C)(O)C(F)(F)F)c(Cl)c2)cc1)S(C)(=O)=O. The van der Waals surface area contributed by atoms with Crippen LogP contribution in [0.4, 0.5) is 24.5 Å². The lowest BCUT2D eigenvalue weighted by molar-refractivity contribution is -0.242. The first-order valence-electron chi connectivity index (χ1n) is 8.58. The minimum atomic E-state index is -5.25. The summed E-state index contributed by atoms with van der Waals surface area (Å²) in [6.07, 6.45) is -4.27. The summed E-state index contributed by atoms with van der Waals surface area (Å²) in [5.74, 6) is -1.80. The summed E-state index contributed by atoms with van der Waals surface area (Å²) in [5.41, 5.74) is -3.81. The molecule has 0 aliphatic rings. The molecular formula is C18H18ClF3N2O6S2. The van der Waals surface area contributed by atoms with Crippen molar-refractivity contribution in [2.45, 2.75) is 28.5 Å². The maximum atomic E-state index is 12.8. The Morgan fingerprint density at radius 2 is 1.53 bits per heavy atom. The second kappa shape index (κ2) is 8.54. The minimum absolute atomic E-state index is 0.198. The molecule has 1 amide bonds. The van der Waals surface area contributed by atoms with Crippen molar-refractivity contribution in [3.63, 3.8) is 0 Å². The van der Waals surface area contributed by atoms with E-state index < -0.39 is 37.5 Å². The van der Waals surface area contributed by atoms with E-state index in [2.05, 4.69) is 0 Å². The van der Waals surface area contributed by atoms with Crippen molar-refractivity contribution in [2.75, 3.05) is 22.9 Å². The summed E-state index contributed by atoms with van der Waals surface area (Å²) < 4.78 is 88.1. The Balaban J connectivity index is 2.33. The Morgan fingerprint density at radius 3 is 1.97 bits per heavy atom. The van der Waals surface area contributed by atoms with Crippen LogP contribution in [0.2, 0.25) is 5.02 Å². The maximum Gasteiger partial charge on any atom is 0.426 e. The van der Waals surface area contributed by atoms with Gasteiger partial charge in [0.2, 0.25) is 25.5 Å². The molecule has 14 heteroatoms. The average molecular weight is 515 g/mol. The van der Waals surface area contributed by atoms with Crippen LogP contribution in [0, 0.1) is 0 Å². The predicted molar refractivity (Wildman–Crippen MR) is 112 cm³/mol. The van der Waals surface area contributed by atoms with Crippen molar-refractivity contribution in [1.29, 1.82) is 0 Å². The molecule has 32 heavy (non-hydrogen) atoms. The highest BCUT2D eigenvalue weighted by Gasteiger charge is 2.55. The molecule has 0 bridgehead atoms. The quantitative estimate of drug-likeness (QED) is 0.611. The van der Waals surface area contributed by atoms with Crippen molar-refractivity contribution in [3.05, 3.63) is 47.5 Å². The Hall–Kier alpha value is -2.35. The molecule has 0 spiro atoms. The third kappa shape index (κ3) is 5.17. The fourth-order valence-electron chi connectivity index (χ4n) is 2.30. The van der Waals surface area contributed by atoms with Gasteiger partial charge in [0.15, 0.2) is 0 Å². The molecule has 2 N–H and O–H groups in total. The highest BCUT2D eigenvalue weighted by Crippen LogP contribution is 2.33. The molecule has 2 aromatic rings. The van der Waals surface area contributed by atoms with Crippen LogP contribution >= 0.6 is 11.6 Å². The van der Waals surface area contributed by atoms with Crippen LogP contribution in [0.5, 0.6) is 0 Å². The standard InChI is InChI=1S/C18H18ClF3N2O6S2/c1-17(26,18(20,21)22)16(25)23-15-9-8-13(10-14(15)19)32(29,30)12-6-4-11(5-7-12)24(2)31(3,27)28/h4-10,26H,1-3H3,(H,23,25). The van der Waals surface area contributed by atoms with Gasteiger partial charge in [0.05, 0.1) is 32.4 Å². The molecule has 0 saturated heterocycles. The summed E-state index contributed by atoms with van der Waals surface area (Å²) in [6.45, 7) is 0.264. The van der Waals surface area contributed by atoms with E-state index in [9.17, 15) is 39.9 Å². The third-order valence-electron chi connectivity index (χ3n) is 4.50. The number of nitrogens with zero attached hydrogens (tertiary/aromatic N) is 1. The fourth-order valence-corrected chi connectivity index (χ4v) is 4.38. The van der Waals surface area contributed by atoms with Gasteiger partial charge in [0.25, 0.3) is 5.91 Å². The Morgan fingerprint density at radius 1 is 1.03 bits per heavy atom. The number of halogens is 4. The van der Waals surface area contributed by atoms with E-state index in [1.54, 1.807) is 0 Å². The number of alkyl halides is 3. The molecule has 0 aliphatic carbocycles. The highest BCUT2D eigenvalue weighted by atomic mass is 35.5. The van der Waals surface area contributed by atoms with Gasteiger partial charge in [-0.15, -0.1) is 0 Å². The number of aliphatic hydroxyl groups is 1. The molecule has 0 fully saturated rings. The summed E-state index contributed by atoms with van der Waals surface area (Å²) in [7, 11) is -6.39. The van der Waals surface area contributed by atoms with Crippen molar-refractivity contribution in [2.24, 2.45) is 0 Å². The number of amides is 1. The number of nitrogens with one attached hydrogen (secondary N) is 1. The van der Waals surface area contributed by atoms with Gasteiger partial charge in [-0.2, -0.15) is 13.2 Å². The van der Waals surface area contributed by atoms with Gasteiger partial charge in [-0.25, -0.2) is 16.8 Å². The van der Waals surface area contributed by atoms with Gasteiger partial charge in [0.1, 0.15) is 0 Å². The molecule has 1 unspecified atom stereocenters. The highest BCUT2D eigenvalue weighted by molar-refractivity contribution is 7.92. The van der Waals surface area contributed by atoms with E-state index in [1.807, 2.05) is 5.32 Å². The van der Waals surface area contributed by atoms with E-state index in [0.717, 1.165) is 28.8 Å². The first-order valence-corrected chi connectivity index (χ1v) is 12.3. The van der Waals surface area contributed by atoms with Gasteiger partial charge < -0.3 is 10.4 Å². The Kier molecular flexibility index (Phi) is 6.91. The Labute approximate surface area is 187 Å². The van der Waals surface area contributed by atoms with Gasteiger partial charge in [0, 0.05) is 7.05 Å². The monoisotopic (exact) mass is 514 g/mol. The number of rotatable bonds is 6. The number of carbonyl (C=O) groups is 1. The largest absolute Gasteiger partial charge is 0.426 e. The zero-order valence-corrected chi connectivity index (χ0v) is 19.2. The van der Waals surface area contributed by atoms with E-state index in [0.29, 0.717) is 0 Å². The Bertz CT molecular complexity index is 1240. The van der Waals surface area contributed by atoms with Crippen molar-refractivity contribution in [3.8, 4) is 0 Å². The molecule has 2 aromatic carbocycles. The van der Waals surface area contributed by atoms with Crippen LogP contribution in [-0.4, -0.2) is 52.9 Å². The molecule has 0 aromatic heterocycles. The first-order chi connectivity index (χ1) is 14.4. The van der Waals surface area contributed by atoms with Gasteiger partial charge in [-0.3, -0.25) is 9.10 Å². The zero-order valence-electron chi connectivity index (χ0n) is 16.8. The molecule has 176 valence electrons. The molecule has 2 rings (SSSR count). The van der Waals surface area contributed by atoms with Gasteiger partial charge in [-0.1, -0.05) is 11.6 Å². The molecule has 0 saturated carbocycles. The van der Waals surface area contributed by atoms with Crippen LogP contribution in [0.25, 0.3) is 0 Å². The number of sulfone groups is 1. The fraction of sp³-hybridized carbons (Fsp3) is 0.278.